The van der Waals surface area contributed by atoms with Crippen molar-refractivity contribution in [1.82, 2.24) is 9.62 Å². The number of benzene rings is 1. The van der Waals surface area contributed by atoms with Crippen LogP contribution in [0.2, 0.25) is 5.02 Å². The summed E-state index contributed by atoms with van der Waals surface area (Å²) in [5.74, 6) is 0. The van der Waals surface area contributed by atoms with Crippen LogP contribution in [-0.4, -0.2) is 33.4 Å². The first-order valence-corrected chi connectivity index (χ1v) is 7.63. The van der Waals surface area contributed by atoms with Crippen LogP contribution in [0.4, 0.5) is 0 Å². The number of rotatable bonds is 6. The van der Waals surface area contributed by atoms with Crippen molar-refractivity contribution in [2.75, 3.05) is 20.6 Å². The molecule has 0 aliphatic heterocycles. The maximum Gasteiger partial charge on any atom is 0.242 e. The Labute approximate surface area is 114 Å². The van der Waals surface area contributed by atoms with Crippen LogP contribution >= 0.6 is 11.6 Å². The van der Waals surface area contributed by atoms with Gasteiger partial charge in [-0.15, -0.1) is 0 Å². The highest BCUT2D eigenvalue weighted by atomic mass is 35.5. The van der Waals surface area contributed by atoms with Gasteiger partial charge >= 0.3 is 0 Å². The summed E-state index contributed by atoms with van der Waals surface area (Å²) in [5.41, 5.74) is 0.905. The molecule has 102 valence electrons. The van der Waals surface area contributed by atoms with Crippen LogP contribution in [0.1, 0.15) is 18.9 Å². The number of nitrogens with one attached hydrogen (secondary N) is 1. The topological polar surface area (TPSA) is 49.4 Å². The van der Waals surface area contributed by atoms with Gasteiger partial charge < -0.3 is 5.32 Å². The van der Waals surface area contributed by atoms with Gasteiger partial charge in [-0.3, -0.25) is 0 Å². The third kappa shape index (κ3) is 3.68. The van der Waals surface area contributed by atoms with Gasteiger partial charge in [0.25, 0.3) is 0 Å². The quantitative estimate of drug-likeness (QED) is 0.816. The first-order chi connectivity index (χ1) is 8.39. The van der Waals surface area contributed by atoms with Crippen LogP contribution in [0.5, 0.6) is 0 Å². The average molecular weight is 291 g/mol. The fourth-order valence-electron chi connectivity index (χ4n) is 1.44. The molecule has 0 radical (unpaired) electrons. The Kier molecular flexibility index (Phi) is 5.59. The van der Waals surface area contributed by atoms with Crippen LogP contribution in [0.15, 0.2) is 23.1 Å². The highest BCUT2D eigenvalue weighted by Crippen LogP contribution is 2.22. The minimum Gasteiger partial charge on any atom is -0.313 e. The Morgan fingerprint density at radius 2 is 2.00 bits per heavy atom. The zero-order chi connectivity index (χ0) is 13.8. The molecule has 6 heteroatoms. The molecule has 1 aromatic carbocycles. The van der Waals surface area contributed by atoms with Gasteiger partial charge in [-0.1, -0.05) is 24.6 Å². The number of hydrogen-bond donors (Lipinski definition) is 1. The third-order valence-corrected chi connectivity index (χ3v) is 4.71. The van der Waals surface area contributed by atoms with Crippen LogP contribution < -0.4 is 5.32 Å². The van der Waals surface area contributed by atoms with E-state index in [1.54, 1.807) is 12.1 Å². The molecule has 0 heterocycles. The summed E-state index contributed by atoms with van der Waals surface area (Å²) in [6, 6.07) is 4.84. The number of halogens is 1. The molecule has 1 rings (SSSR count). The Morgan fingerprint density at radius 3 is 2.50 bits per heavy atom. The standard InChI is InChI=1S/C12H19ClN2O2S/c1-4-7-14-9-10-5-6-11(8-12(10)13)18(16,17)15(2)3/h5-6,8,14H,4,7,9H2,1-3H3. The summed E-state index contributed by atoms with van der Waals surface area (Å²) < 4.78 is 25.0. The molecule has 0 aliphatic rings. The molecule has 0 fully saturated rings. The molecule has 0 saturated carbocycles. The van der Waals surface area contributed by atoms with Crippen molar-refractivity contribution in [2.45, 2.75) is 24.8 Å². The normalized spacial score (nSPS) is 12.1. The number of nitrogens with zero attached hydrogens (tertiary/aromatic N) is 1. The molecular formula is C12H19ClN2O2S. The molecular weight excluding hydrogens is 272 g/mol. The smallest absolute Gasteiger partial charge is 0.242 e. The van der Waals surface area contributed by atoms with Crippen LogP contribution in [0.25, 0.3) is 0 Å². The zero-order valence-corrected chi connectivity index (χ0v) is 12.5. The molecule has 0 aromatic heterocycles. The van der Waals surface area contributed by atoms with Gasteiger partial charge in [-0.2, -0.15) is 0 Å². The minimum absolute atomic E-state index is 0.219. The summed E-state index contributed by atoms with van der Waals surface area (Å²) in [5, 5.41) is 3.70. The number of sulfonamides is 1. The van der Waals surface area contributed by atoms with Gasteiger partial charge in [0.2, 0.25) is 10.0 Å². The number of hydrogen-bond acceptors (Lipinski definition) is 3. The summed E-state index contributed by atoms with van der Waals surface area (Å²) in [4.78, 5) is 0.219. The summed E-state index contributed by atoms with van der Waals surface area (Å²) >= 11 is 6.10. The Morgan fingerprint density at radius 1 is 1.33 bits per heavy atom. The third-order valence-electron chi connectivity index (χ3n) is 2.55. The first kappa shape index (κ1) is 15.4. The first-order valence-electron chi connectivity index (χ1n) is 5.81. The Bertz CT molecular complexity index is 501. The molecule has 18 heavy (non-hydrogen) atoms. The van der Waals surface area contributed by atoms with Crippen molar-refractivity contribution in [3.8, 4) is 0 Å². The van der Waals surface area contributed by atoms with Crippen LogP contribution in [0.3, 0.4) is 0 Å². The average Bonchev–Trinajstić information content (AvgIpc) is 2.31. The van der Waals surface area contributed by atoms with E-state index in [1.807, 2.05) is 0 Å². The largest absolute Gasteiger partial charge is 0.313 e. The van der Waals surface area contributed by atoms with Gasteiger partial charge in [0.05, 0.1) is 4.90 Å². The van der Waals surface area contributed by atoms with Gasteiger partial charge in [-0.05, 0) is 30.7 Å². The van der Waals surface area contributed by atoms with Crippen LogP contribution in [-0.2, 0) is 16.6 Å². The van der Waals surface area contributed by atoms with Crippen molar-refractivity contribution >= 4 is 21.6 Å². The minimum atomic E-state index is -3.41. The Hall–Kier alpha value is -0.620. The monoisotopic (exact) mass is 290 g/mol. The Balaban J connectivity index is 2.93. The van der Waals surface area contributed by atoms with Gasteiger partial charge in [-0.25, -0.2) is 12.7 Å². The van der Waals surface area contributed by atoms with E-state index in [-0.39, 0.29) is 4.90 Å². The second kappa shape index (κ2) is 6.52. The molecule has 0 bridgehead atoms. The van der Waals surface area contributed by atoms with Crippen molar-refractivity contribution in [3.05, 3.63) is 28.8 Å². The second-order valence-electron chi connectivity index (χ2n) is 4.22. The summed E-state index contributed by atoms with van der Waals surface area (Å²) in [7, 11) is -0.413. The lowest BCUT2D eigenvalue weighted by Crippen LogP contribution is -2.22. The van der Waals surface area contributed by atoms with E-state index in [1.165, 1.54) is 24.5 Å². The van der Waals surface area contributed by atoms with Gasteiger partial charge in [0.1, 0.15) is 0 Å². The van der Waals surface area contributed by atoms with E-state index in [2.05, 4.69) is 12.2 Å². The molecule has 1 N–H and O–H groups in total. The van der Waals surface area contributed by atoms with E-state index in [0.717, 1.165) is 18.5 Å². The fraction of sp³-hybridized carbons (Fsp3) is 0.500. The summed E-state index contributed by atoms with van der Waals surface area (Å²) in [6.07, 6.45) is 1.05. The predicted octanol–water partition coefficient (Wildman–Crippen LogP) is 2.09. The highest BCUT2D eigenvalue weighted by molar-refractivity contribution is 7.89. The molecule has 0 saturated heterocycles. The van der Waals surface area contributed by atoms with Crippen molar-refractivity contribution < 1.29 is 8.42 Å². The molecule has 0 aliphatic carbocycles. The molecule has 4 nitrogen and oxygen atoms in total. The summed E-state index contributed by atoms with van der Waals surface area (Å²) in [6.45, 7) is 3.64. The zero-order valence-electron chi connectivity index (χ0n) is 10.9. The predicted molar refractivity (Wildman–Crippen MR) is 74.3 cm³/mol. The van der Waals surface area contributed by atoms with Crippen molar-refractivity contribution in [1.29, 1.82) is 0 Å². The van der Waals surface area contributed by atoms with Crippen molar-refractivity contribution in [3.63, 3.8) is 0 Å². The van der Waals surface area contributed by atoms with Crippen molar-refractivity contribution in [2.24, 2.45) is 0 Å². The fourth-order valence-corrected chi connectivity index (χ4v) is 2.68. The van der Waals surface area contributed by atoms with Gasteiger partial charge in [0.15, 0.2) is 0 Å². The molecule has 1 aromatic rings. The molecule has 0 amide bonds. The van der Waals surface area contributed by atoms with Gasteiger partial charge in [0, 0.05) is 25.7 Å². The lowest BCUT2D eigenvalue weighted by atomic mass is 10.2. The lowest BCUT2D eigenvalue weighted by Gasteiger charge is -2.13. The van der Waals surface area contributed by atoms with Crippen LogP contribution in [0, 0.1) is 0 Å². The molecule has 0 unspecified atom stereocenters. The molecule has 0 atom stereocenters. The SMILES string of the molecule is CCCNCc1ccc(S(=O)(=O)N(C)C)cc1Cl. The van der Waals surface area contributed by atoms with E-state index in [4.69, 9.17) is 11.6 Å². The van der Waals surface area contributed by atoms with E-state index in [0.29, 0.717) is 11.6 Å². The second-order valence-corrected chi connectivity index (χ2v) is 6.78. The highest BCUT2D eigenvalue weighted by Gasteiger charge is 2.18. The molecule has 0 spiro atoms. The maximum absolute atomic E-state index is 11.9. The lowest BCUT2D eigenvalue weighted by molar-refractivity contribution is 0.520. The van der Waals surface area contributed by atoms with E-state index < -0.39 is 10.0 Å². The van der Waals surface area contributed by atoms with E-state index in [9.17, 15) is 8.42 Å². The van der Waals surface area contributed by atoms with E-state index >= 15 is 0 Å². The maximum atomic E-state index is 11.9.